The van der Waals surface area contributed by atoms with Crippen LogP contribution >= 0.6 is 23.6 Å². The zero-order chi connectivity index (χ0) is 18.7. The largest absolute Gasteiger partial charge is 0.334 e. The van der Waals surface area contributed by atoms with Crippen LogP contribution in [0.25, 0.3) is 0 Å². The molecule has 1 N–H and O–H groups in total. The second-order valence-corrected chi connectivity index (χ2v) is 7.82. The quantitative estimate of drug-likeness (QED) is 0.771. The van der Waals surface area contributed by atoms with Crippen molar-refractivity contribution in [1.29, 1.82) is 0 Å². The Morgan fingerprint density at radius 1 is 1.23 bits per heavy atom. The number of benzene rings is 1. The van der Waals surface area contributed by atoms with Crippen LogP contribution in [0.3, 0.4) is 0 Å². The third-order valence-corrected chi connectivity index (χ3v) is 5.52. The predicted octanol–water partition coefficient (Wildman–Crippen LogP) is 3.48. The van der Waals surface area contributed by atoms with Gasteiger partial charge in [0.25, 0.3) is 5.91 Å². The normalized spacial score (nSPS) is 17.3. The van der Waals surface area contributed by atoms with Crippen LogP contribution < -0.4 is 5.32 Å². The monoisotopic (exact) mass is 387 g/mol. The number of hydrogen-bond donors (Lipinski definition) is 1. The number of nitrogens with one attached hydrogen (secondary N) is 1. The highest BCUT2D eigenvalue weighted by atomic mass is 32.1. The first-order valence-electron chi connectivity index (χ1n) is 8.48. The lowest BCUT2D eigenvalue weighted by atomic mass is 10.1. The van der Waals surface area contributed by atoms with Gasteiger partial charge in [0, 0.05) is 16.6 Å². The van der Waals surface area contributed by atoms with Gasteiger partial charge in [-0.05, 0) is 49.6 Å². The van der Waals surface area contributed by atoms with E-state index in [4.69, 9.17) is 12.2 Å². The van der Waals surface area contributed by atoms with Crippen LogP contribution in [0.2, 0.25) is 0 Å². The Hall–Kier alpha value is -2.25. The standard InChI is InChI=1S/C19H21N3O2S2/c1-13(2)22-16(11-17(23)20-14-7-4-3-5-8-14)18(24)21(19(22)25)12-15-9-6-10-26-15/h3-10,13,16H,11-12H2,1-2H3,(H,20,23)/t16-/m1/s1. The van der Waals surface area contributed by atoms with E-state index in [1.54, 1.807) is 16.2 Å². The van der Waals surface area contributed by atoms with Crippen LogP contribution in [-0.4, -0.2) is 38.8 Å². The van der Waals surface area contributed by atoms with Crippen molar-refractivity contribution >= 4 is 46.2 Å². The molecule has 0 saturated carbocycles. The molecule has 0 bridgehead atoms. The number of anilines is 1. The van der Waals surface area contributed by atoms with Crippen molar-refractivity contribution in [3.05, 3.63) is 52.7 Å². The summed E-state index contributed by atoms with van der Waals surface area (Å²) in [7, 11) is 0. The van der Waals surface area contributed by atoms with Crippen LogP contribution in [0.5, 0.6) is 0 Å². The molecular formula is C19H21N3O2S2. The van der Waals surface area contributed by atoms with Gasteiger partial charge in [0.2, 0.25) is 5.91 Å². The van der Waals surface area contributed by atoms with E-state index in [0.717, 1.165) is 10.6 Å². The van der Waals surface area contributed by atoms with Crippen LogP contribution in [0.4, 0.5) is 5.69 Å². The number of hydrogen-bond acceptors (Lipinski definition) is 4. The lowest BCUT2D eigenvalue weighted by molar-refractivity contribution is -0.131. The second kappa shape index (κ2) is 7.97. The first-order valence-corrected chi connectivity index (χ1v) is 9.77. The fraction of sp³-hybridized carbons (Fsp3) is 0.316. The summed E-state index contributed by atoms with van der Waals surface area (Å²) in [6.45, 7) is 4.42. The molecule has 0 unspecified atom stereocenters. The third kappa shape index (κ3) is 3.94. The van der Waals surface area contributed by atoms with Crippen LogP contribution in [0.1, 0.15) is 25.1 Å². The molecule has 1 aromatic carbocycles. The van der Waals surface area contributed by atoms with Crippen molar-refractivity contribution in [2.75, 3.05) is 5.32 Å². The third-order valence-electron chi connectivity index (χ3n) is 4.23. The van der Waals surface area contributed by atoms with Gasteiger partial charge >= 0.3 is 0 Å². The van der Waals surface area contributed by atoms with E-state index in [1.165, 1.54) is 0 Å². The number of rotatable bonds is 6. The molecule has 0 aliphatic carbocycles. The summed E-state index contributed by atoms with van der Waals surface area (Å²) in [5, 5.41) is 5.32. The van der Waals surface area contributed by atoms with Crippen LogP contribution in [0, 0.1) is 0 Å². The maximum absolute atomic E-state index is 13.0. The zero-order valence-electron chi connectivity index (χ0n) is 14.7. The van der Waals surface area contributed by atoms with E-state index in [2.05, 4.69) is 5.32 Å². The highest BCUT2D eigenvalue weighted by Crippen LogP contribution is 2.26. The average Bonchev–Trinajstić information content (AvgIpc) is 3.19. The molecule has 3 rings (SSSR count). The Morgan fingerprint density at radius 3 is 2.58 bits per heavy atom. The smallest absolute Gasteiger partial charge is 0.252 e. The minimum absolute atomic E-state index is 0.0364. The second-order valence-electron chi connectivity index (χ2n) is 6.42. The number of nitrogens with zero attached hydrogens (tertiary/aromatic N) is 2. The Labute approximate surface area is 162 Å². The van der Waals surface area contributed by atoms with Gasteiger partial charge < -0.3 is 10.2 Å². The summed E-state index contributed by atoms with van der Waals surface area (Å²) < 4.78 is 0. The summed E-state index contributed by atoms with van der Waals surface area (Å²) in [5.41, 5.74) is 0.720. The molecule has 2 heterocycles. The number of para-hydroxylation sites is 1. The number of carbonyl (C=O) groups is 2. The van der Waals surface area contributed by atoms with Gasteiger partial charge in [0.05, 0.1) is 13.0 Å². The molecule has 0 radical (unpaired) electrons. The minimum atomic E-state index is -0.564. The SMILES string of the molecule is CC(C)N1C(=S)N(Cc2cccs2)C(=O)[C@H]1CC(=O)Nc1ccccc1. The molecule has 1 aromatic heterocycles. The van der Waals surface area contributed by atoms with Crippen molar-refractivity contribution in [2.45, 2.75) is 38.9 Å². The molecule has 0 spiro atoms. The highest BCUT2D eigenvalue weighted by Gasteiger charge is 2.44. The molecule has 5 nitrogen and oxygen atoms in total. The molecule has 1 saturated heterocycles. The van der Waals surface area contributed by atoms with Crippen LogP contribution in [0.15, 0.2) is 47.8 Å². The van der Waals surface area contributed by atoms with Gasteiger partial charge in [-0.1, -0.05) is 24.3 Å². The summed E-state index contributed by atoms with van der Waals surface area (Å²) in [5.74, 6) is -0.304. The number of carbonyl (C=O) groups excluding carboxylic acids is 2. The van der Waals surface area contributed by atoms with Crippen molar-refractivity contribution < 1.29 is 9.59 Å². The van der Waals surface area contributed by atoms with Gasteiger partial charge in [-0.2, -0.15) is 0 Å². The number of amides is 2. The molecule has 1 aliphatic rings. The van der Waals surface area contributed by atoms with Crippen molar-refractivity contribution in [3.63, 3.8) is 0 Å². The van der Waals surface area contributed by atoms with Crippen molar-refractivity contribution in [1.82, 2.24) is 9.80 Å². The Bertz CT molecular complexity index is 790. The molecule has 1 fully saturated rings. The van der Waals surface area contributed by atoms with E-state index in [0.29, 0.717) is 11.7 Å². The summed E-state index contributed by atoms with van der Waals surface area (Å²) >= 11 is 7.14. The van der Waals surface area contributed by atoms with E-state index in [1.807, 2.05) is 66.6 Å². The molecule has 2 aromatic rings. The van der Waals surface area contributed by atoms with E-state index in [9.17, 15) is 9.59 Å². The number of thiophene rings is 1. The molecule has 7 heteroatoms. The fourth-order valence-electron chi connectivity index (χ4n) is 3.05. The highest BCUT2D eigenvalue weighted by molar-refractivity contribution is 7.80. The van der Waals surface area contributed by atoms with Gasteiger partial charge in [-0.15, -0.1) is 11.3 Å². The lowest BCUT2D eigenvalue weighted by Gasteiger charge is -2.27. The lowest BCUT2D eigenvalue weighted by Crippen LogP contribution is -2.42. The van der Waals surface area contributed by atoms with E-state index >= 15 is 0 Å². The topological polar surface area (TPSA) is 52.7 Å². The zero-order valence-corrected chi connectivity index (χ0v) is 16.3. The molecule has 1 atom stereocenters. The van der Waals surface area contributed by atoms with Crippen molar-refractivity contribution in [2.24, 2.45) is 0 Å². The van der Waals surface area contributed by atoms with E-state index < -0.39 is 6.04 Å². The summed E-state index contributed by atoms with van der Waals surface area (Å²) in [4.78, 5) is 30.0. The fourth-order valence-corrected chi connectivity index (χ4v) is 4.23. The van der Waals surface area contributed by atoms with Crippen LogP contribution in [-0.2, 0) is 16.1 Å². The molecule has 2 amide bonds. The molecule has 1 aliphatic heterocycles. The number of thiocarbonyl (C=S) groups is 1. The maximum Gasteiger partial charge on any atom is 0.252 e. The van der Waals surface area contributed by atoms with Gasteiger partial charge in [-0.25, -0.2) is 0 Å². The Balaban J connectivity index is 1.74. The minimum Gasteiger partial charge on any atom is -0.334 e. The molecule has 136 valence electrons. The maximum atomic E-state index is 13.0. The van der Waals surface area contributed by atoms with E-state index in [-0.39, 0.29) is 24.3 Å². The van der Waals surface area contributed by atoms with Gasteiger partial charge in [0.15, 0.2) is 5.11 Å². The Morgan fingerprint density at radius 2 is 1.96 bits per heavy atom. The average molecular weight is 388 g/mol. The summed E-state index contributed by atoms with van der Waals surface area (Å²) in [6.07, 6.45) is 0.0764. The Kier molecular flexibility index (Phi) is 5.68. The predicted molar refractivity (Wildman–Crippen MR) is 108 cm³/mol. The van der Waals surface area contributed by atoms with Gasteiger partial charge in [-0.3, -0.25) is 14.5 Å². The van der Waals surface area contributed by atoms with Gasteiger partial charge in [0.1, 0.15) is 6.04 Å². The first kappa shape index (κ1) is 18.5. The first-order chi connectivity index (χ1) is 12.5. The van der Waals surface area contributed by atoms with Crippen molar-refractivity contribution in [3.8, 4) is 0 Å². The molecular weight excluding hydrogens is 366 g/mol. The summed E-state index contributed by atoms with van der Waals surface area (Å²) in [6, 6.07) is 12.6. The molecule has 26 heavy (non-hydrogen) atoms.